The SMILES string of the molecule is C=C1CC=C(C(C)(C)C)C(=C)C1CC1=Cc2cccc(-c3cc(C)cc(C)c3CC3CCCCC3)c2C1. The van der Waals surface area contributed by atoms with E-state index in [1.807, 2.05) is 0 Å². The zero-order valence-corrected chi connectivity index (χ0v) is 24.0. The van der Waals surface area contributed by atoms with Gasteiger partial charge in [-0.15, -0.1) is 0 Å². The molecule has 0 aliphatic heterocycles. The zero-order valence-electron chi connectivity index (χ0n) is 24.0. The number of rotatable bonds is 5. The summed E-state index contributed by atoms with van der Waals surface area (Å²) in [6, 6.07) is 11.8. The van der Waals surface area contributed by atoms with E-state index in [1.54, 1.807) is 5.56 Å². The Balaban J connectivity index is 1.43. The molecule has 0 N–H and O–H groups in total. The fraction of sp³-hybridized carbons (Fsp3) is 0.459. The molecule has 3 aliphatic rings. The molecule has 0 spiro atoms. The van der Waals surface area contributed by atoms with Crippen LogP contribution in [0.4, 0.5) is 0 Å². The molecule has 0 nitrogen and oxygen atoms in total. The summed E-state index contributed by atoms with van der Waals surface area (Å²) in [6.07, 6.45) is 16.2. The van der Waals surface area contributed by atoms with Gasteiger partial charge in [-0.3, -0.25) is 0 Å². The van der Waals surface area contributed by atoms with Crippen molar-refractivity contribution in [3.05, 3.63) is 99.7 Å². The molecule has 2 aromatic rings. The summed E-state index contributed by atoms with van der Waals surface area (Å²) in [4.78, 5) is 0. The van der Waals surface area contributed by atoms with E-state index in [1.165, 1.54) is 94.2 Å². The van der Waals surface area contributed by atoms with Gasteiger partial charge in [0.1, 0.15) is 0 Å². The van der Waals surface area contributed by atoms with Gasteiger partial charge in [-0.05, 0) is 95.4 Å². The van der Waals surface area contributed by atoms with Gasteiger partial charge < -0.3 is 0 Å². The number of fused-ring (bicyclic) bond motifs is 1. The van der Waals surface area contributed by atoms with Gasteiger partial charge in [0.05, 0.1) is 0 Å². The number of benzene rings is 2. The molecule has 0 bridgehead atoms. The number of hydrogen-bond donors (Lipinski definition) is 0. The van der Waals surface area contributed by atoms with Crippen LogP contribution in [-0.4, -0.2) is 0 Å². The van der Waals surface area contributed by atoms with Gasteiger partial charge in [0.25, 0.3) is 0 Å². The predicted octanol–water partition coefficient (Wildman–Crippen LogP) is 10.5. The molecule has 0 radical (unpaired) electrons. The molecule has 5 rings (SSSR count). The molecule has 1 atom stereocenters. The Morgan fingerprint density at radius 2 is 1.68 bits per heavy atom. The molecule has 2 aromatic carbocycles. The van der Waals surface area contributed by atoms with Crippen molar-refractivity contribution in [1.29, 1.82) is 0 Å². The van der Waals surface area contributed by atoms with E-state index in [0.717, 1.165) is 25.2 Å². The lowest BCUT2D eigenvalue weighted by atomic mass is 9.70. The average molecular weight is 491 g/mol. The van der Waals surface area contributed by atoms with Gasteiger partial charge in [-0.25, -0.2) is 0 Å². The fourth-order valence-electron chi connectivity index (χ4n) is 7.27. The molecule has 1 unspecified atom stereocenters. The van der Waals surface area contributed by atoms with Crippen molar-refractivity contribution in [2.45, 2.75) is 92.4 Å². The second-order valence-electron chi connectivity index (χ2n) is 13.2. The predicted molar refractivity (Wildman–Crippen MR) is 162 cm³/mol. The third-order valence-corrected chi connectivity index (χ3v) is 9.20. The highest BCUT2D eigenvalue weighted by Crippen LogP contribution is 2.46. The third kappa shape index (κ3) is 5.36. The first-order valence-corrected chi connectivity index (χ1v) is 14.6. The molecule has 0 amide bonds. The molecular weight excluding hydrogens is 444 g/mol. The van der Waals surface area contributed by atoms with Crippen LogP contribution in [0.25, 0.3) is 17.2 Å². The molecule has 37 heavy (non-hydrogen) atoms. The lowest BCUT2D eigenvalue weighted by Crippen LogP contribution is -2.21. The van der Waals surface area contributed by atoms with Crippen molar-refractivity contribution < 1.29 is 0 Å². The van der Waals surface area contributed by atoms with E-state index >= 15 is 0 Å². The summed E-state index contributed by atoms with van der Waals surface area (Å²) in [6.45, 7) is 20.6. The van der Waals surface area contributed by atoms with Gasteiger partial charge in [-0.1, -0.05) is 125 Å². The normalized spacial score (nSPS) is 20.6. The van der Waals surface area contributed by atoms with Crippen LogP contribution in [0.2, 0.25) is 0 Å². The average Bonchev–Trinajstić information content (AvgIpc) is 3.26. The Morgan fingerprint density at radius 3 is 2.41 bits per heavy atom. The Morgan fingerprint density at radius 1 is 0.919 bits per heavy atom. The highest BCUT2D eigenvalue weighted by molar-refractivity contribution is 5.80. The molecule has 194 valence electrons. The lowest BCUT2D eigenvalue weighted by molar-refractivity contribution is 0.356. The van der Waals surface area contributed by atoms with Gasteiger partial charge in [0.15, 0.2) is 0 Å². The van der Waals surface area contributed by atoms with Crippen LogP contribution in [0, 0.1) is 31.1 Å². The number of aryl methyl sites for hydroxylation is 2. The Hall–Kier alpha value is -2.60. The zero-order chi connectivity index (χ0) is 26.3. The second-order valence-corrected chi connectivity index (χ2v) is 13.2. The summed E-state index contributed by atoms with van der Waals surface area (Å²) in [5.41, 5.74) is 16.0. The van der Waals surface area contributed by atoms with E-state index in [9.17, 15) is 0 Å². The summed E-state index contributed by atoms with van der Waals surface area (Å²) in [5, 5.41) is 0. The molecule has 3 aliphatic carbocycles. The summed E-state index contributed by atoms with van der Waals surface area (Å²) in [5.74, 6) is 1.19. The van der Waals surface area contributed by atoms with Gasteiger partial charge >= 0.3 is 0 Å². The largest absolute Gasteiger partial charge is 0.0989 e. The van der Waals surface area contributed by atoms with Crippen molar-refractivity contribution in [3.8, 4) is 11.1 Å². The number of allylic oxidation sites excluding steroid dienone is 5. The summed E-state index contributed by atoms with van der Waals surface area (Å²) in [7, 11) is 0. The second kappa shape index (κ2) is 10.3. The fourth-order valence-corrected chi connectivity index (χ4v) is 7.27. The minimum Gasteiger partial charge on any atom is -0.0989 e. The smallest absolute Gasteiger partial charge is 0.00829 e. The topological polar surface area (TPSA) is 0 Å². The third-order valence-electron chi connectivity index (χ3n) is 9.20. The Kier molecular flexibility index (Phi) is 7.23. The molecule has 0 saturated heterocycles. The molecular formula is C37H46. The maximum absolute atomic E-state index is 4.58. The summed E-state index contributed by atoms with van der Waals surface area (Å²) < 4.78 is 0. The first-order chi connectivity index (χ1) is 17.6. The van der Waals surface area contributed by atoms with Crippen LogP contribution in [0.15, 0.2) is 71.9 Å². The van der Waals surface area contributed by atoms with Crippen molar-refractivity contribution in [2.75, 3.05) is 0 Å². The highest BCUT2D eigenvalue weighted by atomic mass is 14.4. The Bertz CT molecular complexity index is 1280. The van der Waals surface area contributed by atoms with Crippen molar-refractivity contribution in [2.24, 2.45) is 17.3 Å². The van der Waals surface area contributed by atoms with Gasteiger partial charge in [-0.2, -0.15) is 0 Å². The quantitative estimate of drug-likeness (QED) is 0.366. The molecule has 1 saturated carbocycles. The van der Waals surface area contributed by atoms with Crippen LogP contribution < -0.4 is 0 Å². The molecule has 0 heteroatoms. The molecule has 0 heterocycles. The molecule has 0 aromatic heterocycles. The van der Waals surface area contributed by atoms with Crippen LogP contribution in [-0.2, 0) is 12.8 Å². The monoisotopic (exact) mass is 490 g/mol. The first-order valence-electron chi connectivity index (χ1n) is 14.6. The van der Waals surface area contributed by atoms with E-state index in [-0.39, 0.29) is 5.41 Å². The maximum Gasteiger partial charge on any atom is 0.00829 e. The minimum atomic E-state index is 0.133. The summed E-state index contributed by atoms with van der Waals surface area (Å²) >= 11 is 0. The van der Waals surface area contributed by atoms with Crippen molar-refractivity contribution in [3.63, 3.8) is 0 Å². The van der Waals surface area contributed by atoms with Crippen LogP contribution in [0.3, 0.4) is 0 Å². The highest BCUT2D eigenvalue weighted by Gasteiger charge is 2.31. The van der Waals surface area contributed by atoms with Gasteiger partial charge in [0, 0.05) is 5.92 Å². The molecule has 1 fully saturated rings. The lowest BCUT2D eigenvalue weighted by Gasteiger charge is -2.35. The maximum atomic E-state index is 4.58. The van der Waals surface area contributed by atoms with Crippen LogP contribution in [0.5, 0.6) is 0 Å². The first kappa shape index (κ1) is 26.0. The Labute approximate surface area is 226 Å². The van der Waals surface area contributed by atoms with E-state index in [0.29, 0.717) is 5.92 Å². The van der Waals surface area contributed by atoms with Crippen molar-refractivity contribution >= 4 is 6.08 Å². The number of hydrogen-bond acceptors (Lipinski definition) is 0. The van der Waals surface area contributed by atoms with Crippen LogP contribution >= 0.6 is 0 Å². The standard InChI is InChI=1S/C37H46/c1-24-18-26(3)33(21-28-12-9-8-10-13-28)35(19-24)31-15-11-14-30-20-29(23-34(30)31)22-32-25(2)16-17-36(27(32)4)37(5,6)7/h11,14-15,17-20,28,32H,2,4,8-10,12-13,16,21-23H2,1,3,5-7H3. The van der Waals surface area contributed by atoms with E-state index < -0.39 is 0 Å². The van der Waals surface area contributed by atoms with Gasteiger partial charge in [0.2, 0.25) is 0 Å². The van der Waals surface area contributed by atoms with E-state index in [2.05, 4.69) is 90.3 Å². The van der Waals surface area contributed by atoms with E-state index in [4.69, 9.17) is 0 Å². The minimum absolute atomic E-state index is 0.133. The van der Waals surface area contributed by atoms with Crippen LogP contribution in [0.1, 0.15) is 93.5 Å². The van der Waals surface area contributed by atoms with Crippen molar-refractivity contribution in [1.82, 2.24) is 0 Å².